The Labute approximate surface area is 157 Å². The molecule has 2 fully saturated rings. The molecule has 0 saturated heterocycles. The van der Waals surface area contributed by atoms with E-state index in [9.17, 15) is 4.79 Å². The van der Waals surface area contributed by atoms with Crippen LogP contribution in [0.15, 0.2) is 23.8 Å². The predicted molar refractivity (Wildman–Crippen MR) is 106 cm³/mol. The van der Waals surface area contributed by atoms with Gasteiger partial charge >= 0.3 is 0 Å². The number of anilines is 1. The number of benzene rings is 1. The Hall–Kier alpha value is -1.77. The largest absolute Gasteiger partial charge is 0.492 e. The standard InChI is InChI=1S/C23H31NO2/c1-4-16-7-9-20-18-8-6-15-12-21(24-14-25)22(26-5-2)13-19(15)17(18)10-11-23(16,20)3/h4,12-14,17-18,20H,5-11H2,1-3H3,(H,24,25)/b16-4-/t17?,18?,20?,23-/m1/s1. The normalized spacial score (nSPS) is 34.0. The number of aryl methyl sites for hydroxylation is 1. The zero-order valence-electron chi connectivity index (χ0n) is 16.3. The number of carbonyl (C=O) groups is 1. The SMILES string of the molecule is C/C=C1/CCC2C3CCc4cc(NC=O)c(OCC)cc4C3CC[C@]12C. The molecule has 1 aromatic rings. The van der Waals surface area contributed by atoms with Crippen molar-refractivity contribution in [2.24, 2.45) is 17.3 Å². The first kappa shape index (κ1) is 17.6. The van der Waals surface area contributed by atoms with Gasteiger partial charge in [0.2, 0.25) is 6.41 Å². The lowest BCUT2D eigenvalue weighted by molar-refractivity contribution is -0.105. The second kappa shape index (κ2) is 6.75. The lowest BCUT2D eigenvalue weighted by Crippen LogP contribution is -2.40. The van der Waals surface area contributed by atoms with Crippen LogP contribution in [0.1, 0.15) is 69.9 Å². The summed E-state index contributed by atoms with van der Waals surface area (Å²) in [6.07, 6.45) is 10.8. The van der Waals surface area contributed by atoms with Gasteiger partial charge in [-0.3, -0.25) is 4.79 Å². The van der Waals surface area contributed by atoms with Crippen molar-refractivity contribution in [2.45, 2.75) is 65.2 Å². The van der Waals surface area contributed by atoms with Crippen LogP contribution >= 0.6 is 0 Å². The van der Waals surface area contributed by atoms with E-state index in [1.54, 1.807) is 5.57 Å². The molecule has 1 amide bonds. The predicted octanol–water partition coefficient (Wildman–Crippen LogP) is 5.46. The van der Waals surface area contributed by atoms with Crippen LogP contribution in [0.5, 0.6) is 5.75 Å². The highest BCUT2D eigenvalue weighted by Gasteiger charge is 2.52. The number of hydrogen-bond donors (Lipinski definition) is 1. The molecule has 4 rings (SSSR count). The van der Waals surface area contributed by atoms with E-state index in [0.717, 1.165) is 36.1 Å². The van der Waals surface area contributed by atoms with E-state index in [0.29, 0.717) is 17.9 Å². The molecule has 4 atom stereocenters. The summed E-state index contributed by atoms with van der Waals surface area (Å²) in [6.45, 7) is 7.36. The molecule has 140 valence electrons. The Morgan fingerprint density at radius 2 is 2.12 bits per heavy atom. The van der Waals surface area contributed by atoms with Gasteiger partial charge in [0.05, 0.1) is 12.3 Å². The van der Waals surface area contributed by atoms with E-state index in [2.05, 4.69) is 37.4 Å². The minimum absolute atomic E-state index is 0.426. The van der Waals surface area contributed by atoms with Crippen LogP contribution in [0.25, 0.3) is 0 Å². The zero-order chi connectivity index (χ0) is 18.3. The Kier molecular flexibility index (Phi) is 4.58. The van der Waals surface area contributed by atoms with E-state index < -0.39 is 0 Å². The summed E-state index contributed by atoms with van der Waals surface area (Å²) in [7, 11) is 0. The van der Waals surface area contributed by atoms with Crippen molar-refractivity contribution in [3.63, 3.8) is 0 Å². The van der Waals surface area contributed by atoms with Gasteiger partial charge in [-0.15, -0.1) is 0 Å². The Morgan fingerprint density at radius 3 is 2.85 bits per heavy atom. The van der Waals surface area contributed by atoms with E-state index in [1.807, 2.05) is 6.92 Å². The van der Waals surface area contributed by atoms with Crippen molar-refractivity contribution in [1.82, 2.24) is 0 Å². The van der Waals surface area contributed by atoms with Crippen LogP contribution < -0.4 is 10.1 Å². The first-order valence-electron chi connectivity index (χ1n) is 10.3. The summed E-state index contributed by atoms with van der Waals surface area (Å²) < 4.78 is 5.85. The molecule has 26 heavy (non-hydrogen) atoms. The van der Waals surface area contributed by atoms with Crippen LogP contribution in [0.4, 0.5) is 5.69 Å². The first-order chi connectivity index (χ1) is 12.6. The molecule has 0 radical (unpaired) electrons. The summed E-state index contributed by atoms with van der Waals surface area (Å²) in [6, 6.07) is 4.39. The maximum absolute atomic E-state index is 11.0. The average molecular weight is 354 g/mol. The van der Waals surface area contributed by atoms with Crippen molar-refractivity contribution in [3.05, 3.63) is 34.9 Å². The van der Waals surface area contributed by atoms with Gasteiger partial charge in [0.15, 0.2) is 0 Å². The summed E-state index contributed by atoms with van der Waals surface area (Å²) >= 11 is 0. The van der Waals surface area contributed by atoms with Crippen molar-refractivity contribution < 1.29 is 9.53 Å². The molecule has 1 N–H and O–H groups in total. The molecule has 0 spiro atoms. The third-order valence-corrected chi connectivity index (χ3v) is 7.54. The quantitative estimate of drug-likeness (QED) is 0.577. The molecule has 3 unspecified atom stereocenters. The fourth-order valence-corrected chi connectivity index (χ4v) is 6.37. The van der Waals surface area contributed by atoms with E-state index >= 15 is 0 Å². The number of ether oxygens (including phenoxy) is 1. The molecule has 1 aromatic carbocycles. The van der Waals surface area contributed by atoms with Crippen LogP contribution in [0.3, 0.4) is 0 Å². The van der Waals surface area contributed by atoms with Crippen LogP contribution in [-0.2, 0) is 11.2 Å². The molecule has 0 aromatic heterocycles. The molecular weight excluding hydrogens is 322 g/mol. The maximum Gasteiger partial charge on any atom is 0.211 e. The Morgan fingerprint density at radius 1 is 1.27 bits per heavy atom. The van der Waals surface area contributed by atoms with E-state index in [4.69, 9.17) is 4.74 Å². The molecule has 2 saturated carbocycles. The maximum atomic E-state index is 11.0. The third kappa shape index (κ3) is 2.59. The molecule has 0 aliphatic heterocycles. The third-order valence-electron chi connectivity index (χ3n) is 7.54. The van der Waals surface area contributed by atoms with Gasteiger partial charge in [0, 0.05) is 0 Å². The fraction of sp³-hybridized carbons (Fsp3) is 0.609. The number of amides is 1. The van der Waals surface area contributed by atoms with Crippen LogP contribution in [0.2, 0.25) is 0 Å². The highest BCUT2D eigenvalue weighted by atomic mass is 16.5. The molecule has 0 bridgehead atoms. The number of allylic oxidation sites excluding steroid dienone is 2. The monoisotopic (exact) mass is 353 g/mol. The van der Waals surface area contributed by atoms with Crippen LogP contribution in [0, 0.1) is 17.3 Å². The van der Waals surface area contributed by atoms with Gasteiger partial charge in [-0.25, -0.2) is 0 Å². The summed E-state index contributed by atoms with van der Waals surface area (Å²) in [5.74, 6) is 3.09. The average Bonchev–Trinajstić information content (AvgIpc) is 2.99. The zero-order valence-corrected chi connectivity index (χ0v) is 16.3. The van der Waals surface area contributed by atoms with Crippen LogP contribution in [-0.4, -0.2) is 13.0 Å². The topological polar surface area (TPSA) is 38.3 Å². The number of fused-ring (bicyclic) bond motifs is 5. The summed E-state index contributed by atoms with van der Waals surface area (Å²) in [5.41, 5.74) is 5.84. The summed E-state index contributed by atoms with van der Waals surface area (Å²) in [4.78, 5) is 11.0. The van der Waals surface area contributed by atoms with Crippen molar-refractivity contribution >= 4 is 12.1 Å². The molecular formula is C23H31NO2. The number of carbonyl (C=O) groups excluding carboxylic acids is 1. The van der Waals surface area contributed by atoms with Crippen molar-refractivity contribution in [2.75, 3.05) is 11.9 Å². The van der Waals surface area contributed by atoms with Gasteiger partial charge in [0.25, 0.3) is 0 Å². The van der Waals surface area contributed by atoms with Gasteiger partial charge < -0.3 is 10.1 Å². The van der Waals surface area contributed by atoms with E-state index in [-0.39, 0.29) is 0 Å². The molecule has 3 aliphatic rings. The summed E-state index contributed by atoms with van der Waals surface area (Å²) in [5, 5.41) is 2.83. The molecule has 3 aliphatic carbocycles. The molecule has 3 heteroatoms. The molecule has 0 heterocycles. The Bertz CT molecular complexity index is 738. The smallest absolute Gasteiger partial charge is 0.211 e. The second-order valence-corrected chi connectivity index (χ2v) is 8.47. The van der Waals surface area contributed by atoms with E-state index in [1.165, 1.54) is 43.2 Å². The van der Waals surface area contributed by atoms with Gasteiger partial charge in [-0.05, 0) is 98.8 Å². The van der Waals surface area contributed by atoms with Crippen molar-refractivity contribution in [1.29, 1.82) is 0 Å². The lowest BCUT2D eigenvalue weighted by Gasteiger charge is -2.49. The highest BCUT2D eigenvalue weighted by molar-refractivity contribution is 5.76. The number of nitrogens with one attached hydrogen (secondary N) is 1. The highest BCUT2D eigenvalue weighted by Crippen LogP contribution is 2.63. The van der Waals surface area contributed by atoms with Gasteiger partial charge in [0.1, 0.15) is 5.75 Å². The number of rotatable bonds is 4. The Balaban J connectivity index is 1.70. The number of hydrogen-bond acceptors (Lipinski definition) is 2. The second-order valence-electron chi connectivity index (χ2n) is 8.47. The minimum Gasteiger partial charge on any atom is -0.492 e. The minimum atomic E-state index is 0.426. The van der Waals surface area contributed by atoms with Gasteiger partial charge in [-0.2, -0.15) is 0 Å². The lowest BCUT2D eigenvalue weighted by atomic mass is 9.55. The first-order valence-corrected chi connectivity index (χ1v) is 10.3. The molecule has 3 nitrogen and oxygen atoms in total. The fourth-order valence-electron chi connectivity index (χ4n) is 6.37. The van der Waals surface area contributed by atoms with Gasteiger partial charge in [-0.1, -0.05) is 18.6 Å². The van der Waals surface area contributed by atoms with Crippen molar-refractivity contribution in [3.8, 4) is 5.75 Å².